The Balaban J connectivity index is 1.89. The van der Waals surface area contributed by atoms with Crippen molar-refractivity contribution in [2.75, 3.05) is 52.4 Å². The van der Waals surface area contributed by atoms with Gasteiger partial charge < -0.3 is 29.0 Å². The fourth-order valence-electron chi connectivity index (χ4n) is 3.65. The predicted octanol–water partition coefficient (Wildman–Crippen LogP) is 3.42. The van der Waals surface area contributed by atoms with E-state index in [2.05, 4.69) is 5.32 Å². The second-order valence-corrected chi connectivity index (χ2v) is 9.89. The lowest BCUT2D eigenvalue weighted by Gasteiger charge is -2.26. The second kappa shape index (κ2) is 12.9. The number of hydrogen-bond acceptors (Lipinski definition) is 8. The van der Waals surface area contributed by atoms with E-state index in [-0.39, 0.29) is 35.2 Å². The number of nitrogens with one attached hydrogen (secondary N) is 1. The molecule has 0 fully saturated rings. The largest absolute Gasteiger partial charge is 0.497 e. The van der Waals surface area contributed by atoms with Crippen LogP contribution in [0.5, 0.6) is 28.7 Å². The van der Waals surface area contributed by atoms with Crippen LogP contribution in [0.25, 0.3) is 0 Å². The number of aryl methyl sites for hydroxylation is 1. The van der Waals surface area contributed by atoms with Gasteiger partial charge in [0.2, 0.25) is 5.91 Å². The highest BCUT2D eigenvalue weighted by Crippen LogP contribution is 2.37. The van der Waals surface area contributed by atoms with E-state index in [4.69, 9.17) is 23.7 Å². The van der Waals surface area contributed by atoms with E-state index in [0.717, 1.165) is 9.87 Å². The number of nitrogens with zero attached hydrogens (tertiary/aromatic N) is 1. The summed E-state index contributed by atoms with van der Waals surface area (Å²) in [5.74, 6) is 1.39. The van der Waals surface area contributed by atoms with E-state index in [1.807, 2.05) is 31.2 Å². The third-order valence-corrected chi connectivity index (χ3v) is 7.42. The number of sulfonamides is 1. The molecule has 3 aromatic rings. The normalized spacial score (nSPS) is 10.9. The number of ether oxygens (including phenoxy) is 5. The van der Waals surface area contributed by atoms with Crippen molar-refractivity contribution >= 4 is 21.6 Å². The summed E-state index contributed by atoms with van der Waals surface area (Å²) in [4.78, 5) is 12.9. The van der Waals surface area contributed by atoms with Crippen molar-refractivity contribution in [3.63, 3.8) is 0 Å². The van der Waals surface area contributed by atoms with Gasteiger partial charge in [-0.15, -0.1) is 0 Å². The molecule has 3 rings (SSSR count). The van der Waals surface area contributed by atoms with Crippen molar-refractivity contribution in [1.82, 2.24) is 5.32 Å². The van der Waals surface area contributed by atoms with Crippen LogP contribution in [0.2, 0.25) is 0 Å². The molecule has 11 heteroatoms. The highest BCUT2D eigenvalue weighted by molar-refractivity contribution is 7.92. The Morgan fingerprint density at radius 1 is 0.816 bits per heavy atom. The van der Waals surface area contributed by atoms with Crippen molar-refractivity contribution in [3.05, 3.63) is 66.2 Å². The third kappa shape index (κ3) is 6.60. The fraction of sp³-hybridized carbons (Fsp3) is 0.296. The molecular weight excluding hydrogens is 512 g/mol. The molecule has 0 aliphatic carbocycles. The van der Waals surface area contributed by atoms with Crippen molar-refractivity contribution in [2.45, 2.75) is 11.8 Å². The third-order valence-electron chi connectivity index (χ3n) is 5.66. The van der Waals surface area contributed by atoms with E-state index in [0.29, 0.717) is 17.2 Å². The van der Waals surface area contributed by atoms with Gasteiger partial charge in [-0.1, -0.05) is 18.2 Å². The molecule has 38 heavy (non-hydrogen) atoms. The molecular formula is C27H32N2O8S. The summed E-state index contributed by atoms with van der Waals surface area (Å²) < 4.78 is 55.7. The first-order chi connectivity index (χ1) is 18.2. The number of carbonyl (C=O) groups excluding carboxylic acids is 1. The molecule has 3 aromatic carbocycles. The highest BCUT2D eigenvalue weighted by Gasteiger charge is 2.31. The number of methoxy groups -OCH3 is 4. The summed E-state index contributed by atoms with van der Waals surface area (Å²) in [7, 11) is 1.45. The van der Waals surface area contributed by atoms with Crippen LogP contribution in [-0.4, -0.2) is 62.5 Å². The molecule has 0 saturated heterocycles. The average molecular weight is 545 g/mol. The zero-order chi connectivity index (χ0) is 27.7. The summed E-state index contributed by atoms with van der Waals surface area (Å²) >= 11 is 0. The van der Waals surface area contributed by atoms with Gasteiger partial charge >= 0.3 is 0 Å². The molecule has 0 bridgehead atoms. The van der Waals surface area contributed by atoms with E-state index in [1.165, 1.54) is 52.7 Å². The van der Waals surface area contributed by atoms with Crippen LogP contribution >= 0.6 is 0 Å². The van der Waals surface area contributed by atoms with Crippen LogP contribution < -0.4 is 33.3 Å². The van der Waals surface area contributed by atoms with Gasteiger partial charge in [0.1, 0.15) is 30.4 Å². The van der Waals surface area contributed by atoms with E-state index in [1.54, 1.807) is 12.1 Å². The topological polar surface area (TPSA) is 113 Å². The average Bonchev–Trinajstić information content (AvgIpc) is 2.93. The summed E-state index contributed by atoms with van der Waals surface area (Å²) in [5.41, 5.74) is 1.10. The Hall–Kier alpha value is -4.12. The maximum atomic E-state index is 13.9. The van der Waals surface area contributed by atoms with Crippen molar-refractivity contribution in [1.29, 1.82) is 0 Å². The molecule has 1 amide bonds. The van der Waals surface area contributed by atoms with Gasteiger partial charge in [-0.3, -0.25) is 9.10 Å². The zero-order valence-corrected chi connectivity index (χ0v) is 22.8. The number of para-hydroxylation sites is 1. The molecule has 0 atom stereocenters. The monoisotopic (exact) mass is 544 g/mol. The van der Waals surface area contributed by atoms with Crippen molar-refractivity contribution < 1.29 is 36.9 Å². The van der Waals surface area contributed by atoms with Crippen molar-refractivity contribution in [3.8, 4) is 28.7 Å². The quantitative estimate of drug-likeness (QED) is 0.326. The zero-order valence-electron chi connectivity index (χ0n) is 22.0. The highest BCUT2D eigenvalue weighted by atomic mass is 32.2. The Morgan fingerprint density at radius 3 is 2.16 bits per heavy atom. The Bertz CT molecular complexity index is 1360. The first-order valence-electron chi connectivity index (χ1n) is 11.7. The summed E-state index contributed by atoms with van der Waals surface area (Å²) in [6.45, 7) is 1.78. The molecule has 10 nitrogen and oxygen atoms in total. The Kier molecular flexibility index (Phi) is 9.66. The smallest absolute Gasteiger partial charge is 0.265 e. The van der Waals surface area contributed by atoms with E-state index >= 15 is 0 Å². The maximum Gasteiger partial charge on any atom is 0.265 e. The van der Waals surface area contributed by atoms with Gasteiger partial charge in [0.15, 0.2) is 11.5 Å². The van der Waals surface area contributed by atoms with Gasteiger partial charge in [0.25, 0.3) is 10.0 Å². The summed E-state index contributed by atoms with van der Waals surface area (Å²) in [6.07, 6.45) is 0. The Labute approximate surface area is 223 Å². The minimum Gasteiger partial charge on any atom is -0.497 e. The molecule has 1 N–H and O–H groups in total. The number of anilines is 1. The molecule has 0 unspecified atom stereocenters. The maximum absolute atomic E-state index is 13.9. The van der Waals surface area contributed by atoms with E-state index in [9.17, 15) is 13.2 Å². The summed E-state index contributed by atoms with van der Waals surface area (Å²) in [5, 5.41) is 2.72. The van der Waals surface area contributed by atoms with Crippen LogP contribution in [0, 0.1) is 6.92 Å². The number of carbonyl (C=O) groups is 1. The van der Waals surface area contributed by atoms with Crippen LogP contribution in [0.15, 0.2) is 65.6 Å². The molecule has 0 aliphatic heterocycles. The van der Waals surface area contributed by atoms with Gasteiger partial charge in [-0.05, 0) is 42.8 Å². The number of hydrogen-bond donors (Lipinski definition) is 1. The lowest BCUT2D eigenvalue weighted by atomic mass is 10.2. The first-order valence-corrected chi connectivity index (χ1v) is 13.1. The second-order valence-electron chi connectivity index (χ2n) is 8.03. The van der Waals surface area contributed by atoms with E-state index < -0.39 is 22.5 Å². The molecule has 204 valence electrons. The number of amides is 1. The van der Waals surface area contributed by atoms with Gasteiger partial charge in [-0.25, -0.2) is 8.42 Å². The first kappa shape index (κ1) is 28.5. The van der Waals surface area contributed by atoms with Gasteiger partial charge in [-0.2, -0.15) is 0 Å². The molecule has 0 saturated carbocycles. The van der Waals surface area contributed by atoms with Crippen molar-refractivity contribution in [2.24, 2.45) is 0 Å². The Morgan fingerprint density at radius 2 is 1.50 bits per heavy atom. The molecule has 0 aromatic heterocycles. The molecule has 0 radical (unpaired) electrons. The van der Waals surface area contributed by atoms with Gasteiger partial charge in [0.05, 0.1) is 45.6 Å². The van der Waals surface area contributed by atoms with Crippen LogP contribution in [0.3, 0.4) is 0 Å². The predicted molar refractivity (Wildman–Crippen MR) is 143 cm³/mol. The standard InChI is InChI=1S/C27H32N2O8S/c1-19-8-6-7-9-23(19)37-15-14-28-27(30)18-29(22-16-20(33-2)10-12-24(22)34-3)38(31,32)21-11-13-25(35-4)26(17-21)36-5/h6-13,16-17H,14-15,18H2,1-5H3,(H,28,30). The SMILES string of the molecule is COc1ccc(OC)c(N(CC(=O)NCCOc2ccccc2C)S(=O)(=O)c2ccc(OC)c(OC)c2)c1. The number of rotatable bonds is 13. The number of benzene rings is 3. The summed E-state index contributed by atoms with van der Waals surface area (Å²) in [6, 6.07) is 16.4. The van der Waals surface area contributed by atoms with Crippen LogP contribution in [0.1, 0.15) is 5.56 Å². The molecule has 0 spiro atoms. The lowest BCUT2D eigenvalue weighted by Crippen LogP contribution is -2.42. The minimum atomic E-state index is -4.27. The van der Waals surface area contributed by atoms with Gasteiger partial charge in [0, 0.05) is 12.1 Å². The van der Waals surface area contributed by atoms with Crippen LogP contribution in [-0.2, 0) is 14.8 Å². The minimum absolute atomic E-state index is 0.101. The molecule has 0 aliphatic rings. The van der Waals surface area contributed by atoms with Crippen LogP contribution in [0.4, 0.5) is 5.69 Å². The molecule has 0 heterocycles. The fourth-order valence-corrected chi connectivity index (χ4v) is 5.09. The lowest BCUT2D eigenvalue weighted by molar-refractivity contribution is -0.119.